The quantitative estimate of drug-likeness (QED) is 0.0675. The average molecular weight is 762 g/mol. The van der Waals surface area contributed by atoms with E-state index in [4.69, 9.17) is 40.6 Å². The van der Waals surface area contributed by atoms with Crippen LogP contribution in [0.1, 0.15) is 106 Å². The molecule has 1 saturated heterocycles. The molecule has 5 N–H and O–H groups in total. The zero-order valence-electron chi connectivity index (χ0n) is 30.9. The minimum atomic E-state index is -1.47. The van der Waals surface area contributed by atoms with Gasteiger partial charge >= 0.3 is 5.97 Å². The van der Waals surface area contributed by atoms with Crippen LogP contribution in [0.5, 0.6) is 11.5 Å². The Labute approximate surface area is 316 Å². The van der Waals surface area contributed by atoms with Gasteiger partial charge in [-0.1, -0.05) is 94.4 Å². The minimum Gasteiger partial charge on any atom is -0.496 e. The highest BCUT2D eigenvalue weighted by Crippen LogP contribution is 2.34. The van der Waals surface area contributed by atoms with Crippen molar-refractivity contribution in [3.8, 4) is 11.5 Å². The van der Waals surface area contributed by atoms with Crippen LogP contribution in [0.15, 0.2) is 36.4 Å². The molecule has 2 aromatic carbocycles. The second kappa shape index (κ2) is 22.0. The number of hydrogen-bond acceptors (Lipinski definition) is 10. The van der Waals surface area contributed by atoms with Crippen molar-refractivity contribution >= 4 is 34.5 Å². The molecule has 0 radical (unpaired) electrons. The zero-order valence-corrected chi connectivity index (χ0v) is 31.6. The lowest BCUT2D eigenvalue weighted by Crippen LogP contribution is -2.64. The number of rotatable bonds is 24. The van der Waals surface area contributed by atoms with Crippen molar-refractivity contribution in [2.75, 3.05) is 20.8 Å². The minimum absolute atomic E-state index is 0.0691. The summed E-state index contributed by atoms with van der Waals surface area (Å²) in [6, 6.07) is 9.76. The summed E-state index contributed by atoms with van der Waals surface area (Å²) >= 11 is 6.62. The van der Waals surface area contributed by atoms with Gasteiger partial charge in [0, 0.05) is 26.1 Å². The molecule has 0 unspecified atom stereocenters. The number of nitrogens with one attached hydrogen (secondary N) is 1. The van der Waals surface area contributed by atoms with Crippen molar-refractivity contribution in [3.05, 3.63) is 52.8 Å². The molecule has 53 heavy (non-hydrogen) atoms. The number of halogens is 1. The van der Waals surface area contributed by atoms with E-state index >= 15 is 0 Å². The van der Waals surface area contributed by atoms with Crippen molar-refractivity contribution in [3.63, 3.8) is 0 Å². The molecule has 1 aromatic heterocycles. The third-order valence-electron chi connectivity index (χ3n) is 9.77. The molecule has 5 atom stereocenters. The number of aliphatic hydroxyl groups is 3. The molecule has 3 aromatic rings. The average Bonchev–Trinajstić information content (AvgIpc) is 3.51. The number of hydrogen-bond donors (Lipinski definition) is 5. The van der Waals surface area contributed by atoms with E-state index in [9.17, 15) is 24.9 Å². The SMILES string of the molecule is COc1cc(OCc2nc3ccccc3n2CCCCCCCCCCCCCCCC(=O)O)c(Cl)cc1C(=O)N[C@H]1[C@@H](OC)O[C@H](CO)[C@@H](O)[C@@H]1O. The lowest BCUT2D eigenvalue weighted by molar-refractivity contribution is -0.261. The van der Waals surface area contributed by atoms with Crippen molar-refractivity contribution in [2.24, 2.45) is 0 Å². The molecule has 14 heteroatoms. The number of carboxylic acid groups (broad SMARTS) is 1. The van der Waals surface area contributed by atoms with E-state index in [-0.39, 0.29) is 29.4 Å². The highest BCUT2D eigenvalue weighted by atomic mass is 35.5. The van der Waals surface area contributed by atoms with Crippen LogP contribution < -0.4 is 14.8 Å². The summed E-state index contributed by atoms with van der Waals surface area (Å²) in [7, 11) is 2.73. The second-order valence-corrected chi connectivity index (χ2v) is 14.0. The van der Waals surface area contributed by atoms with Gasteiger partial charge in [-0.2, -0.15) is 0 Å². The van der Waals surface area contributed by atoms with Crippen LogP contribution in [0.25, 0.3) is 11.0 Å². The van der Waals surface area contributed by atoms with E-state index in [0.717, 1.165) is 55.5 Å². The number of aryl methyl sites for hydroxylation is 1. The fourth-order valence-electron chi connectivity index (χ4n) is 6.78. The normalized spacial score (nSPS) is 20.1. The van der Waals surface area contributed by atoms with Crippen LogP contribution in [0, 0.1) is 0 Å². The number of unbranched alkanes of at least 4 members (excludes halogenated alkanes) is 12. The highest BCUT2D eigenvalue weighted by molar-refractivity contribution is 6.32. The van der Waals surface area contributed by atoms with E-state index in [1.807, 2.05) is 18.2 Å². The van der Waals surface area contributed by atoms with Crippen LogP contribution in [0.3, 0.4) is 0 Å². The number of methoxy groups -OCH3 is 2. The Hall–Kier alpha value is -3.46. The van der Waals surface area contributed by atoms with Gasteiger partial charge in [0.05, 0.1) is 35.3 Å². The molecule has 13 nitrogen and oxygen atoms in total. The Morgan fingerprint density at radius 1 is 0.887 bits per heavy atom. The first-order chi connectivity index (χ1) is 25.7. The zero-order chi connectivity index (χ0) is 38.2. The van der Waals surface area contributed by atoms with Crippen molar-refractivity contribution in [1.82, 2.24) is 14.9 Å². The van der Waals surface area contributed by atoms with Crippen molar-refractivity contribution < 1.29 is 49.0 Å². The predicted octanol–water partition coefficient (Wildman–Crippen LogP) is 6.01. The second-order valence-electron chi connectivity index (χ2n) is 13.6. The number of para-hydroxylation sites is 2. The topological polar surface area (TPSA) is 182 Å². The fourth-order valence-corrected chi connectivity index (χ4v) is 6.99. The van der Waals surface area contributed by atoms with Gasteiger partial charge in [0.25, 0.3) is 5.91 Å². The molecule has 0 spiro atoms. The number of nitrogens with zero attached hydrogens (tertiary/aromatic N) is 2. The Morgan fingerprint density at radius 2 is 1.51 bits per heavy atom. The number of aliphatic hydroxyl groups excluding tert-OH is 3. The number of benzene rings is 2. The maximum Gasteiger partial charge on any atom is 0.303 e. The van der Waals surface area contributed by atoms with E-state index < -0.39 is 49.1 Å². The van der Waals surface area contributed by atoms with Crippen LogP contribution in [0.2, 0.25) is 5.02 Å². The van der Waals surface area contributed by atoms with Gasteiger partial charge < -0.3 is 49.3 Å². The Morgan fingerprint density at radius 3 is 2.11 bits per heavy atom. The molecule has 1 aliphatic rings. The molecule has 2 heterocycles. The number of aliphatic carboxylic acids is 1. The number of amides is 1. The number of carbonyl (C=O) groups is 2. The van der Waals surface area contributed by atoms with Crippen molar-refractivity contribution in [2.45, 2.75) is 134 Å². The van der Waals surface area contributed by atoms with E-state index in [1.54, 1.807) is 0 Å². The summed E-state index contributed by atoms with van der Waals surface area (Å²) < 4.78 is 24.6. The molecule has 4 rings (SSSR count). The summed E-state index contributed by atoms with van der Waals surface area (Å²) in [5.74, 6) is -0.129. The van der Waals surface area contributed by atoms with Crippen LogP contribution in [-0.4, -0.2) is 93.3 Å². The van der Waals surface area contributed by atoms with Gasteiger partial charge in [-0.05, 0) is 31.0 Å². The van der Waals surface area contributed by atoms with E-state index in [1.165, 1.54) is 77.7 Å². The summed E-state index contributed by atoms with van der Waals surface area (Å²) in [5.41, 5.74) is 1.97. The largest absolute Gasteiger partial charge is 0.496 e. The Bertz CT molecular complexity index is 1580. The van der Waals surface area contributed by atoms with E-state index in [2.05, 4.69) is 16.0 Å². The maximum atomic E-state index is 13.4. The molecular weight excluding hydrogens is 706 g/mol. The van der Waals surface area contributed by atoms with Gasteiger partial charge in [-0.15, -0.1) is 0 Å². The summed E-state index contributed by atoms with van der Waals surface area (Å²) in [4.78, 5) is 28.8. The summed E-state index contributed by atoms with van der Waals surface area (Å²) in [6.07, 6.45) is 10.1. The fraction of sp³-hybridized carbons (Fsp3) is 0.615. The van der Waals surface area contributed by atoms with Gasteiger partial charge in [0.1, 0.15) is 48.3 Å². The Kier molecular flexibility index (Phi) is 17.6. The monoisotopic (exact) mass is 761 g/mol. The number of aromatic nitrogens is 2. The van der Waals surface area contributed by atoms with Crippen LogP contribution in [0.4, 0.5) is 0 Å². The smallest absolute Gasteiger partial charge is 0.303 e. The number of imidazole rings is 1. The maximum absolute atomic E-state index is 13.4. The summed E-state index contributed by atoms with van der Waals surface area (Å²) in [5, 5.41) is 42.0. The number of ether oxygens (including phenoxy) is 4. The first-order valence-corrected chi connectivity index (χ1v) is 19.2. The number of carboxylic acids is 1. The van der Waals surface area contributed by atoms with Gasteiger partial charge in [0.2, 0.25) is 0 Å². The molecule has 294 valence electrons. The molecule has 0 saturated carbocycles. The van der Waals surface area contributed by atoms with E-state index in [0.29, 0.717) is 5.75 Å². The molecule has 0 bridgehead atoms. The summed E-state index contributed by atoms with van der Waals surface area (Å²) in [6.45, 7) is 0.398. The molecule has 1 aliphatic heterocycles. The first-order valence-electron chi connectivity index (χ1n) is 18.8. The predicted molar refractivity (Wildman–Crippen MR) is 200 cm³/mol. The number of carbonyl (C=O) groups excluding carboxylic acids is 1. The molecule has 1 fully saturated rings. The standard InChI is InChI=1S/C39H56ClN3O10/c1-50-30-23-31(27(40)22-26(30)38(49)42-35-37(48)36(47)32(24-44)53-39(35)51-2)52-25-33-41-28-18-15-16-19-29(28)43(33)21-17-13-11-9-7-5-3-4-6-8-10-12-14-20-34(45)46/h15-16,18-19,22-23,32,35-37,39,44,47-48H,3-14,17,20-21,24-25H2,1-2H3,(H,42,49)(H,45,46)/t32-,35-,36-,37-,39+/m1/s1. The lowest BCUT2D eigenvalue weighted by atomic mass is 9.96. The third kappa shape index (κ3) is 12.3. The molecule has 1 amide bonds. The van der Waals surface area contributed by atoms with Crippen molar-refractivity contribution in [1.29, 1.82) is 0 Å². The highest BCUT2D eigenvalue weighted by Gasteiger charge is 2.45. The molecular formula is C39H56ClN3O10. The number of fused-ring (bicyclic) bond motifs is 1. The molecule has 0 aliphatic carbocycles. The van der Waals surface area contributed by atoms with Crippen LogP contribution in [-0.2, 0) is 27.4 Å². The first kappa shape index (κ1) is 42.3. The van der Waals surface area contributed by atoms with Gasteiger partial charge in [-0.3, -0.25) is 9.59 Å². The van der Waals surface area contributed by atoms with Gasteiger partial charge in [-0.25, -0.2) is 4.98 Å². The Balaban J connectivity index is 1.26. The lowest BCUT2D eigenvalue weighted by Gasteiger charge is -2.41. The van der Waals surface area contributed by atoms with Crippen LogP contribution >= 0.6 is 11.6 Å². The van der Waals surface area contributed by atoms with Gasteiger partial charge in [0.15, 0.2) is 6.29 Å². The third-order valence-corrected chi connectivity index (χ3v) is 10.1.